The van der Waals surface area contributed by atoms with E-state index in [0.717, 1.165) is 22.3 Å². The smallest absolute Gasteiger partial charge is 0.251 e. The minimum Gasteiger partial charge on any atom is -0.490 e. The van der Waals surface area contributed by atoms with Gasteiger partial charge < -0.3 is 20.1 Å². The van der Waals surface area contributed by atoms with Crippen molar-refractivity contribution >= 4 is 34.1 Å². The number of tetrazole rings is 1. The van der Waals surface area contributed by atoms with Crippen molar-refractivity contribution in [2.75, 3.05) is 25.1 Å². The summed E-state index contributed by atoms with van der Waals surface area (Å²) in [5.41, 5.74) is 4.34. The fourth-order valence-corrected chi connectivity index (χ4v) is 4.04. The summed E-state index contributed by atoms with van der Waals surface area (Å²) in [5, 5.41) is 18.2. The number of hydrogen-bond acceptors (Lipinski definition) is 8. The Morgan fingerprint density at radius 2 is 1.78 bits per heavy atom. The third-order valence-electron chi connectivity index (χ3n) is 5.72. The molecular weight excluding hydrogens is 470 g/mol. The lowest BCUT2D eigenvalue weighted by molar-refractivity contribution is 0.0954. The van der Waals surface area contributed by atoms with Crippen molar-refractivity contribution in [1.82, 2.24) is 30.3 Å². The van der Waals surface area contributed by atoms with E-state index in [1.165, 1.54) is 0 Å². The molecule has 1 amide bonds. The first-order valence-corrected chi connectivity index (χ1v) is 12.2. The number of aromatic nitrogens is 5. The summed E-state index contributed by atoms with van der Waals surface area (Å²) < 4.78 is 13.0. The van der Waals surface area contributed by atoms with E-state index >= 15 is 0 Å². The molecule has 10 nitrogen and oxygen atoms in total. The third-order valence-corrected chi connectivity index (χ3v) is 5.72. The lowest BCUT2D eigenvalue weighted by Gasteiger charge is -2.13. The van der Waals surface area contributed by atoms with Gasteiger partial charge in [-0.05, 0) is 78.7 Å². The number of nitrogens with one attached hydrogen (secondary N) is 2. The molecule has 0 atom stereocenters. The summed E-state index contributed by atoms with van der Waals surface area (Å²) in [5.74, 6) is 1.77. The molecule has 0 radical (unpaired) electrons. The number of fused-ring (bicyclic) bond motifs is 3. The highest BCUT2D eigenvalue weighted by Crippen LogP contribution is 2.28. The zero-order chi connectivity index (χ0) is 25.6. The fraction of sp³-hybridized carbons (Fsp3) is 0.222. The van der Waals surface area contributed by atoms with Gasteiger partial charge in [-0.15, -0.1) is 5.10 Å². The van der Waals surface area contributed by atoms with Gasteiger partial charge in [-0.3, -0.25) is 4.79 Å². The van der Waals surface area contributed by atoms with Gasteiger partial charge >= 0.3 is 0 Å². The van der Waals surface area contributed by atoms with Crippen LogP contribution in [-0.4, -0.2) is 50.7 Å². The van der Waals surface area contributed by atoms with Crippen LogP contribution in [0.5, 0.6) is 11.5 Å². The lowest BCUT2D eigenvalue weighted by atomic mass is 10.1. The van der Waals surface area contributed by atoms with Gasteiger partial charge in [-0.25, -0.2) is 4.98 Å². The second kappa shape index (κ2) is 10.9. The Bertz CT molecular complexity index is 1550. The van der Waals surface area contributed by atoms with Crippen molar-refractivity contribution in [3.63, 3.8) is 0 Å². The van der Waals surface area contributed by atoms with E-state index in [9.17, 15) is 4.79 Å². The molecule has 0 unspecified atom stereocenters. The maximum Gasteiger partial charge on any atom is 0.251 e. The SMILES string of the molecule is CCOc1ccc(CCNC(=O)c2cccc(Nc3nc4ccccc4n4nnnc34)c2)cc1OCC. The van der Waals surface area contributed by atoms with Crippen molar-refractivity contribution in [3.8, 4) is 11.5 Å². The normalized spacial score (nSPS) is 11.0. The Morgan fingerprint density at radius 3 is 2.65 bits per heavy atom. The molecule has 0 saturated carbocycles. The first-order valence-electron chi connectivity index (χ1n) is 12.2. The van der Waals surface area contributed by atoms with E-state index in [0.29, 0.717) is 54.6 Å². The minimum atomic E-state index is -0.166. The van der Waals surface area contributed by atoms with E-state index in [2.05, 4.69) is 31.1 Å². The summed E-state index contributed by atoms with van der Waals surface area (Å²) in [7, 11) is 0. The topological polar surface area (TPSA) is 116 Å². The summed E-state index contributed by atoms with van der Waals surface area (Å²) >= 11 is 0. The number of carbonyl (C=O) groups excluding carboxylic acids is 1. The molecule has 0 spiro atoms. The molecule has 2 heterocycles. The summed E-state index contributed by atoms with van der Waals surface area (Å²) in [6.45, 7) is 5.48. The van der Waals surface area contributed by atoms with Crippen LogP contribution >= 0.6 is 0 Å². The summed E-state index contributed by atoms with van der Waals surface area (Å²) in [6.07, 6.45) is 0.662. The second-order valence-electron chi connectivity index (χ2n) is 8.22. The molecule has 5 aromatic rings. The lowest BCUT2D eigenvalue weighted by Crippen LogP contribution is -2.25. The van der Waals surface area contributed by atoms with Crippen LogP contribution < -0.4 is 20.1 Å². The van der Waals surface area contributed by atoms with Crippen LogP contribution in [0.25, 0.3) is 16.7 Å². The van der Waals surface area contributed by atoms with Crippen molar-refractivity contribution in [2.45, 2.75) is 20.3 Å². The van der Waals surface area contributed by atoms with Crippen LogP contribution in [0.15, 0.2) is 66.7 Å². The molecule has 0 aliphatic heterocycles. The molecular formula is C27H27N7O3. The maximum absolute atomic E-state index is 12.9. The maximum atomic E-state index is 12.9. The third kappa shape index (κ3) is 5.27. The van der Waals surface area contributed by atoms with E-state index in [4.69, 9.17) is 9.47 Å². The average Bonchev–Trinajstić information content (AvgIpc) is 3.41. The second-order valence-corrected chi connectivity index (χ2v) is 8.22. The molecule has 0 bridgehead atoms. The van der Waals surface area contributed by atoms with Gasteiger partial charge in [0.15, 0.2) is 17.3 Å². The standard InChI is InChI=1S/C27H27N7O3/c1-3-36-23-13-12-18(16-24(23)37-4-2)14-15-28-27(35)19-8-7-9-20(17-19)29-25-26-31-32-33-34(26)22-11-6-5-10-21(22)30-25/h5-13,16-17H,3-4,14-15H2,1-2H3,(H,28,35)(H,29,30). The van der Waals surface area contributed by atoms with Gasteiger partial charge in [-0.2, -0.15) is 4.52 Å². The zero-order valence-corrected chi connectivity index (χ0v) is 20.6. The van der Waals surface area contributed by atoms with E-state index in [1.807, 2.05) is 68.4 Å². The van der Waals surface area contributed by atoms with Gasteiger partial charge in [-0.1, -0.05) is 24.3 Å². The van der Waals surface area contributed by atoms with Gasteiger partial charge in [0, 0.05) is 17.8 Å². The predicted molar refractivity (Wildman–Crippen MR) is 141 cm³/mol. The van der Waals surface area contributed by atoms with E-state index in [-0.39, 0.29) is 5.91 Å². The average molecular weight is 498 g/mol. The summed E-state index contributed by atoms with van der Waals surface area (Å²) in [6, 6.07) is 20.7. The minimum absolute atomic E-state index is 0.166. The zero-order valence-electron chi connectivity index (χ0n) is 20.6. The first kappa shape index (κ1) is 24.0. The van der Waals surface area contributed by atoms with Crippen LogP contribution in [0.2, 0.25) is 0 Å². The molecule has 2 aromatic heterocycles. The predicted octanol–water partition coefficient (Wildman–Crippen LogP) is 4.19. The van der Waals surface area contributed by atoms with Crippen LogP contribution in [0.3, 0.4) is 0 Å². The fourth-order valence-electron chi connectivity index (χ4n) is 4.04. The number of anilines is 2. The quantitative estimate of drug-likeness (QED) is 0.295. The first-order chi connectivity index (χ1) is 18.2. The monoisotopic (exact) mass is 497 g/mol. The van der Waals surface area contributed by atoms with Crippen LogP contribution in [0.1, 0.15) is 29.8 Å². The molecule has 10 heteroatoms. The van der Waals surface area contributed by atoms with Gasteiger partial charge in [0.1, 0.15) is 0 Å². The Hall–Kier alpha value is -4.73. The number of hydrogen-bond donors (Lipinski definition) is 2. The van der Waals surface area contributed by atoms with Crippen molar-refractivity contribution in [1.29, 1.82) is 0 Å². The molecule has 0 fully saturated rings. The summed E-state index contributed by atoms with van der Waals surface area (Å²) in [4.78, 5) is 17.5. The molecule has 0 saturated heterocycles. The number of ether oxygens (including phenoxy) is 2. The van der Waals surface area contributed by atoms with Gasteiger partial charge in [0.05, 0.1) is 24.2 Å². The van der Waals surface area contributed by atoms with Gasteiger partial charge in [0.2, 0.25) is 5.65 Å². The number of para-hydroxylation sites is 2. The van der Waals surface area contributed by atoms with Crippen molar-refractivity contribution in [2.24, 2.45) is 0 Å². The highest BCUT2D eigenvalue weighted by molar-refractivity contribution is 5.95. The Balaban J connectivity index is 1.26. The molecule has 2 N–H and O–H groups in total. The molecule has 0 aliphatic carbocycles. The number of carbonyl (C=O) groups is 1. The number of benzene rings is 3. The number of rotatable bonds is 10. The van der Waals surface area contributed by atoms with Crippen LogP contribution in [-0.2, 0) is 6.42 Å². The van der Waals surface area contributed by atoms with E-state index in [1.54, 1.807) is 16.6 Å². The highest BCUT2D eigenvalue weighted by atomic mass is 16.5. The Kier molecular flexibility index (Phi) is 7.07. The molecule has 5 rings (SSSR count). The van der Waals surface area contributed by atoms with Gasteiger partial charge in [0.25, 0.3) is 5.91 Å². The largest absolute Gasteiger partial charge is 0.490 e. The molecule has 3 aromatic carbocycles. The highest BCUT2D eigenvalue weighted by Gasteiger charge is 2.13. The molecule has 188 valence electrons. The van der Waals surface area contributed by atoms with E-state index < -0.39 is 0 Å². The van der Waals surface area contributed by atoms with Crippen molar-refractivity contribution in [3.05, 3.63) is 77.9 Å². The number of amides is 1. The Labute approximate surface area is 213 Å². The van der Waals surface area contributed by atoms with Crippen LogP contribution in [0.4, 0.5) is 11.5 Å². The Morgan fingerprint density at radius 1 is 0.946 bits per heavy atom. The number of nitrogens with zero attached hydrogens (tertiary/aromatic N) is 5. The molecule has 0 aliphatic rings. The van der Waals surface area contributed by atoms with Crippen molar-refractivity contribution < 1.29 is 14.3 Å². The van der Waals surface area contributed by atoms with Crippen LogP contribution in [0, 0.1) is 0 Å². The molecule has 37 heavy (non-hydrogen) atoms.